The van der Waals surface area contributed by atoms with E-state index in [9.17, 15) is 4.79 Å². The second-order valence-corrected chi connectivity index (χ2v) is 5.28. The van der Waals surface area contributed by atoms with Gasteiger partial charge >= 0.3 is 5.97 Å². The minimum absolute atomic E-state index is 0.0956. The van der Waals surface area contributed by atoms with Crippen LogP contribution >= 0.6 is 11.6 Å². The number of aliphatic carboxylic acids is 1. The Bertz CT molecular complexity index is 624. The summed E-state index contributed by atoms with van der Waals surface area (Å²) in [6.07, 6.45) is 2.27. The molecule has 2 aromatic rings. The maximum Gasteiger partial charge on any atom is 0.307 e. The zero-order chi connectivity index (χ0) is 14.1. The van der Waals surface area contributed by atoms with Crippen molar-refractivity contribution in [3.05, 3.63) is 47.2 Å². The van der Waals surface area contributed by atoms with Crippen LogP contribution in [0.3, 0.4) is 0 Å². The Labute approximate surface area is 121 Å². The Kier molecular flexibility index (Phi) is 3.46. The van der Waals surface area contributed by atoms with Gasteiger partial charge < -0.3 is 10.4 Å². The van der Waals surface area contributed by atoms with E-state index in [-0.39, 0.29) is 12.0 Å². The second kappa shape index (κ2) is 5.26. The van der Waals surface area contributed by atoms with E-state index < -0.39 is 5.97 Å². The van der Waals surface area contributed by atoms with E-state index in [4.69, 9.17) is 16.7 Å². The Morgan fingerprint density at radius 3 is 2.65 bits per heavy atom. The van der Waals surface area contributed by atoms with E-state index >= 15 is 0 Å². The van der Waals surface area contributed by atoms with Gasteiger partial charge in [-0.05, 0) is 30.2 Å². The molecule has 20 heavy (non-hydrogen) atoms. The molecule has 2 unspecified atom stereocenters. The summed E-state index contributed by atoms with van der Waals surface area (Å²) >= 11 is 6.02. The first kappa shape index (κ1) is 13.1. The molecule has 2 atom stereocenters. The van der Waals surface area contributed by atoms with Crippen LogP contribution in [0, 0.1) is 5.92 Å². The molecular weight excluding hydrogens is 278 g/mol. The molecule has 1 saturated heterocycles. The van der Waals surface area contributed by atoms with Crippen LogP contribution in [-0.2, 0) is 4.79 Å². The summed E-state index contributed by atoms with van der Waals surface area (Å²) in [7, 11) is 0. The number of aromatic nitrogens is 2. The number of hydrogen-bond acceptors (Lipinski definition) is 3. The first-order valence-electron chi connectivity index (χ1n) is 6.41. The first-order valence-corrected chi connectivity index (χ1v) is 6.79. The van der Waals surface area contributed by atoms with Gasteiger partial charge in [-0.1, -0.05) is 23.7 Å². The lowest BCUT2D eigenvalue weighted by molar-refractivity contribution is -0.141. The van der Waals surface area contributed by atoms with Gasteiger partial charge in [-0.3, -0.25) is 4.79 Å². The van der Waals surface area contributed by atoms with Gasteiger partial charge in [0.2, 0.25) is 0 Å². The van der Waals surface area contributed by atoms with E-state index in [1.807, 2.05) is 24.3 Å². The highest BCUT2D eigenvalue weighted by Crippen LogP contribution is 2.28. The average molecular weight is 292 g/mol. The first-order chi connectivity index (χ1) is 9.65. The predicted octanol–water partition coefficient (Wildman–Crippen LogP) is 2.26. The van der Waals surface area contributed by atoms with Crippen molar-refractivity contribution in [1.29, 1.82) is 0 Å². The summed E-state index contributed by atoms with van der Waals surface area (Å²) in [6, 6.07) is 9.66. The third-order valence-electron chi connectivity index (χ3n) is 3.62. The van der Waals surface area contributed by atoms with E-state index in [0.717, 1.165) is 11.3 Å². The van der Waals surface area contributed by atoms with Crippen molar-refractivity contribution in [2.45, 2.75) is 12.5 Å². The van der Waals surface area contributed by atoms with Crippen LogP contribution in [-0.4, -0.2) is 27.4 Å². The van der Waals surface area contributed by atoms with E-state index in [1.165, 1.54) is 0 Å². The molecule has 3 rings (SSSR count). The van der Waals surface area contributed by atoms with Crippen molar-refractivity contribution in [2.24, 2.45) is 5.92 Å². The molecule has 0 aliphatic carbocycles. The Hall–Kier alpha value is -1.85. The summed E-state index contributed by atoms with van der Waals surface area (Å²) in [5.41, 5.74) is 1.97. The number of carboxylic acid groups (broad SMARTS) is 1. The fourth-order valence-corrected chi connectivity index (χ4v) is 2.70. The number of carbonyl (C=O) groups is 1. The van der Waals surface area contributed by atoms with Crippen LogP contribution in [0.25, 0.3) is 5.69 Å². The molecule has 1 aromatic heterocycles. The SMILES string of the molecule is O=C(O)C1CNC(c2ccc(-n3nccc3Cl)cc2)C1. The highest BCUT2D eigenvalue weighted by atomic mass is 35.5. The van der Waals surface area contributed by atoms with Crippen molar-refractivity contribution < 1.29 is 9.90 Å². The van der Waals surface area contributed by atoms with Gasteiger partial charge in [0, 0.05) is 12.6 Å². The van der Waals surface area contributed by atoms with Crippen LogP contribution in [0.15, 0.2) is 36.5 Å². The molecule has 0 bridgehead atoms. The molecule has 5 nitrogen and oxygen atoms in total. The zero-order valence-electron chi connectivity index (χ0n) is 10.7. The molecule has 0 radical (unpaired) electrons. The number of benzene rings is 1. The molecule has 0 spiro atoms. The van der Waals surface area contributed by atoms with Gasteiger partial charge in [-0.25, -0.2) is 4.68 Å². The summed E-state index contributed by atoms with van der Waals surface area (Å²) in [5, 5.41) is 16.9. The Morgan fingerprint density at radius 1 is 1.35 bits per heavy atom. The van der Waals surface area contributed by atoms with E-state index in [2.05, 4.69) is 10.4 Å². The molecule has 0 saturated carbocycles. The number of carboxylic acids is 1. The molecule has 1 fully saturated rings. The summed E-state index contributed by atoms with van der Waals surface area (Å²) < 4.78 is 1.65. The number of nitrogens with zero attached hydrogens (tertiary/aromatic N) is 2. The zero-order valence-corrected chi connectivity index (χ0v) is 11.4. The van der Waals surface area contributed by atoms with Crippen LogP contribution in [0.2, 0.25) is 5.15 Å². The second-order valence-electron chi connectivity index (χ2n) is 4.89. The third-order valence-corrected chi connectivity index (χ3v) is 3.90. The quantitative estimate of drug-likeness (QED) is 0.910. The Morgan fingerprint density at radius 2 is 2.10 bits per heavy atom. The molecule has 1 aromatic carbocycles. The molecule has 0 amide bonds. The average Bonchev–Trinajstić information content (AvgIpc) is 3.07. The van der Waals surface area contributed by atoms with Gasteiger partial charge in [-0.2, -0.15) is 5.10 Å². The highest BCUT2D eigenvalue weighted by molar-refractivity contribution is 6.29. The van der Waals surface area contributed by atoms with Crippen LogP contribution in [0.5, 0.6) is 0 Å². The molecule has 2 heterocycles. The molecule has 2 N–H and O–H groups in total. The minimum Gasteiger partial charge on any atom is -0.481 e. The van der Waals surface area contributed by atoms with Gasteiger partial charge in [-0.15, -0.1) is 0 Å². The largest absolute Gasteiger partial charge is 0.481 e. The fraction of sp³-hybridized carbons (Fsp3) is 0.286. The smallest absolute Gasteiger partial charge is 0.307 e. The van der Waals surface area contributed by atoms with Crippen molar-refractivity contribution in [2.75, 3.05) is 6.54 Å². The molecule has 6 heteroatoms. The lowest BCUT2D eigenvalue weighted by Gasteiger charge is -2.11. The van der Waals surface area contributed by atoms with Gasteiger partial charge in [0.1, 0.15) is 5.15 Å². The molecular formula is C14H14ClN3O2. The lowest BCUT2D eigenvalue weighted by Crippen LogP contribution is -2.17. The normalized spacial score (nSPS) is 22.1. The van der Waals surface area contributed by atoms with Crippen LogP contribution < -0.4 is 5.32 Å². The van der Waals surface area contributed by atoms with Gasteiger partial charge in [0.25, 0.3) is 0 Å². The summed E-state index contributed by atoms with van der Waals surface area (Å²) in [4.78, 5) is 11.0. The number of rotatable bonds is 3. The fourth-order valence-electron chi connectivity index (χ4n) is 2.50. The van der Waals surface area contributed by atoms with Crippen LogP contribution in [0.4, 0.5) is 0 Å². The van der Waals surface area contributed by atoms with Crippen molar-refractivity contribution in [3.8, 4) is 5.69 Å². The maximum atomic E-state index is 11.0. The third kappa shape index (κ3) is 2.42. The minimum atomic E-state index is -0.736. The maximum absolute atomic E-state index is 11.0. The lowest BCUT2D eigenvalue weighted by atomic mass is 10.00. The van der Waals surface area contributed by atoms with Gasteiger partial charge in [0.15, 0.2) is 0 Å². The van der Waals surface area contributed by atoms with E-state index in [1.54, 1.807) is 16.9 Å². The predicted molar refractivity (Wildman–Crippen MR) is 75.1 cm³/mol. The van der Waals surface area contributed by atoms with Crippen molar-refractivity contribution in [1.82, 2.24) is 15.1 Å². The topological polar surface area (TPSA) is 67.2 Å². The standard InChI is InChI=1S/C14H14ClN3O2/c15-13-5-6-17-18(13)11-3-1-9(2-4-11)12-7-10(8-16-12)14(19)20/h1-6,10,12,16H,7-8H2,(H,19,20). The van der Waals surface area contributed by atoms with Crippen LogP contribution in [0.1, 0.15) is 18.0 Å². The summed E-state index contributed by atoms with van der Waals surface area (Å²) in [5.74, 6) is -1.04. The summed E-state index contributed by atoms with van der Waals surface area (Å²) in [6.45, 7) is 0.521. The van der Waals surface area contributed by atoms with Crippen molar-refractivity contribution >= 4 is 17.6 Å². The highest BCUT2D eigenvalue weighted by Gasteiger charge is 2.29. The Balaban J connectivity index is 1.77. The van der Waals surface area contributed by atoms with E-state index in [0.29, 0.717) is 18.1 Å². The molecule has 1 aliphatic heterocycles. The van der Waals surface area contributed by atoms with Gasteiger partial charge in [0.05, 0.1) is 17.8 Å². The monoisotopic (exact) mass is 291 g/mol. The molecule has 1 aliphatic rings. The molecule has 104 valence electrons. The van der Waals surface area contributed by atoms with Crippen molar-refractivity contribution in [3.63, 3.8) is 0 Å². The number of hydrogen-bond donors (Lipinski definition) is 2. The number of nitrogens with one attached hydrogen (secondary N) is 1. The number of halogens is 1.